The number of nitrogens with one attached hydrogen (secondary N) is 1. The molecule has 1 aromatic rings. The second-order valence-corrected chi connectivity index (χ2v) is 4.89. The Morgan fingerprint density at radius 3 is 2.67 bits per heavy atom. The Bertz CT molecular complexity index is 559. The normalized spacial score (nSPS) is 15.1. The minimum absolute atomic E-state index is 0.0304. The van der Waals surface area contributed by atoms with Crippen LogP contribution in [0, 0.1) is 15.9 Å². The van der Waals surface area contributed by atoms with Crippen LogP contribution in [0.15, 0.2) is 12.1 Å². The van der Waals surface area contributed by atoms with Crippen LogP contribution in [0.2, 0.25) is 0 Å². The zero-order valence-electron chi connectivity index (χ0n) is 11.3. The number of carbonyl (C=O) groups is 1. The summed E-state index contributed by atoms with van der Waals surface area (Å²) in [6.45, 7) is 3.18. The van der Waals surface area contributed by atoms with E-state index in [2.05, 4.69) is 10.2 Å². The van der Waals surface area contributed by atoms with Gasteiger partial charge < -0.3 is 15.3 Å². The van der Waals surface area contributed by atoms with Gasteiger partial charge in [-0.15, -0.1) is 0 Å². The zero-order chi connectivity index (χ0) is 15.4. The van der Waals surface area contributed by atoms with Crippen molar-refractivity contribution in [2.45, 2.75) is 12.8 Å². The molecule has 1 aliphatic heterocycles. The van der Waals surface area contributed by atoms with E-state index < -0.39 is 28.0 Å². The summed E-state index contributed by atoms with van der Waals surface area (Å²) in [6, 6.07) is 1.61. The summed E-state index contributed by atoms with van der Waals surface area (Å²) in [6.07, 6.45) is 2.30. The molecule has 114 valence electrons. The van der Waals surface area contributed by atoms with Crippen molar-refractivity contribution in [2.75, 3.05) is 31.5 Å². The third-order valence-electron chi connectivity index (χ3n) is 3.45. The first-order chi connectivity index (χ1) is 9.99. The SMILES string of the molecule is O=C(O)c1cc(NCCN2CCCC2)c(F)cc1[N+](=O)[O-]. The van der Waals surface area contributed by atoms with Gasteiger partial charge in [-0.25, -0.2) is 9.18 Å². The van der Waals surface area contributed by atoms with Crippen molar-refractivity contribution in [3.05, 3.63) is 33.6 Å². The van der Waals surface area contributed by atoms with Gasteiger partial charge in [0.1, 0.15) is 5.56 Å². The van der Waals surface area contributed by atoms with E-state index in [0.29, 0.717) is 12.6 Å². The molecular formula is C13H16FN3O4. The summed E-state index contributed by atoms with van der Waals surface area (Å²) >= 11 is 0. The van der Waals surface area contributed by atoms with Gasteiger partial charge in [-0.1, -0.05) is 0 Å². The molecule has 7 nitrogen and oxygen atoms in total. The second kappa shape index (κ2) is 6.49. The highest BCUT2D eigenvalue weighted by atomic mass is 19.1. The molecule has 21 heavy (non-hydrogen) atoms. The molecule has 0 amide bonds. The highest BCUT2D eigenvalue weighted by Gasteiger charge is 2.23. The van der Waals surface area contributed by atoms with Crippen LogP contribution in [0.3, 0.4) is 0 Å². The van der Waals surface area contributed by atoms with Crippen molar-refractivity contribution in [3.8, 4) is 0 Å². The smallest absolute Gasteiger partial charge is 0.342 e. The molecule has 1 aromatic carbocycles. The number of nitrogens with zero attached hydrogens (tertiary/aromatic N) is 2. The number of carboxylic acids is 1. The standard InChI is InChI=1S/C13H16FN3O4/c14-10-8-12(17(20)21)9(13(18)19)7-11(10)15-3-6-16-4-1-2-5-16/h7-8,15H,1-6H2,(H,18,19). The fraction of sp³-hybridized carbons (Fsp3) is 0.462. The largest absolute Gasteiger partial charge is 0.477 e. The minimum atomic E-state index is -1.45. The molecule has 2 N–H and O–H groups in total. The van der Waals surface area contributed by atoms with Gasteiger partial charge in [-0.2, -0.15) is 0 Å². The first-order valence-corrected chi connectivity index (χ1v) is 6.66. The minimum Gasteiger partial charge on any atom is -0.477 e. The molecule has 1 saturated heterocycles. The summed E-state index contributed by atoms with van der Waals surface area (Å²) in [5.74, 6) is -2.28. The average molecular weight is 297 g/mol. The van der Waals surface area contributed by atoms with E-state index >= 15 is 0 Å². The molecular weight excluding hydrogens is 281 g/mol. The molecule has 2 rings (SSSR count). The van der Waals surface area contributed by atoms with E-state index in [-0.39, 0.29) is 5.69 Å². The van der Waals surface area contributed by atoms with E-state index in [0.717, 1.165) is 38.5 Å². The summed E-state index contributed by atoms with van der Waals surface area (Å²) < 4.78 is 13.8. The lowest BCUT2D eigenvalue weighted by Crippen LogP contribution is -2.26. The summed E-state index contributed by atoms with van der Waals surface area (Å²) in [5, 5.41) is 22.5. The molecule has 0 aliphatic carbocycles. The molecule has 8 heteroatoms. The van der Waals surface area contributed by atoms with E-state index in [1.807, 2.05) is 0 Å². The van der Waals surface area contributed by atoms with Gasteiger partial charge in [0.15, 0.2) is 5.82 Å². The number of aromatic carboxylic acids is 1. The number of rotatable bonds is 6. The number of carboxylic acid groups (broad SMARTS) is 1. The average Bonchev–Trinajstić information content (AvgIpc) is 2.92. The maximum Gasteiger partial charge on any atom is 0.342 e. The van der Waals surface area contributed by atoms with Crippen LogP contribution in [0.25, 0.3) is 0 Å². The van der Waals surface area contributed by atoms with Crippen LogP contribution >= 0.6 is 0 Å². The molecule has 0 bridgehead atoms. The third-order valence-corrected chi connectivity index (χ3v) is 3.45. The molecule has 0 saturated carbocycles. The van der Waals surface area contributed by atoms with Gasteiger partial charge in [0.05, 0.1) is 16.7 Å². The Hall–Kier alpha value is -2.22. The van der Waals surface area contributed by atoms with Gasteiger partial charge in [0.25, 0.3) is 5.69 Å². The molecule has 0 unspecified atom stereocenters. The lowest BCUT2D eigenvalue weighted by atomic mass is 10.1. The number of anilines is 1. The topological polar surface area (TPSA) is 95.7 Å². The van der Waals surface area contributed by atoms with Crippen molar-refractivity contribution < 1.29 is 19.2 Å². The van der Waals surface area contributed by atoms with Crippen molar-refractivity contribution >= 4 is 17.3 Å². The molecule has 1 fully saturated rings. The van der Waals surface area contributed by atoms with Crippen molar-refractivity contribution in [1.29, 1.82) is 0 Å². The monoisotopic (exact) mass is 297 g/mol. The summed E-state index contributed by atoms with van der Waals surface area (Å²) in [4.78, 5) is 23.1. The van der Waals surface area contributed by atoms with Crippen LogP contribution in [-0.4, -0.2) is 47.1 Å². The number of hydrogen-bond acceptors (Lipinski definition) is 5. The molecule has 0 aromatic heterocycles. The van der Waals surface area contributed by atoms with Crippen LogP contribution < -0.4 is 5.32 Å². The fourth-order valence-corrected chi connectivity index (χ4v) is 2.38. The lowest BCUT2D eigenvalue weighted by molar-refractivity contribution is -0.385. The van der Waals surface area contributed by atoms with Gasteiger partial charge in [-0.3, -0.25) is 10.1 Å². The maximum absolute atomic E-state index is 13.8. The molecule has 0 spiro atoms. The van der Waals surface area contributed by atoms with Gasteiger partial charge in [0.2, 0.25) is 0 Å². The Labute approximate surface area is 120 Å². The Kier molecular flexibility index (Phi) is 4.69. The van der Waals surface area contributed by atoms with E-state index in [9.17, 15) is 19.3 Å². The molecule has 0 radical (unpaired) electrons. The molecule has 0 atom stereocenters. The van der Waals surface area contributed by atoms with E-state index in [1.54, 1.807) is 0 Å². The van der Waals surface area contributed by atoms with E-state index in [1.165, 1.54) is 0 Å². The summed E-state index contributed by atoms with van der Waals surface area (Å²) in [7, 11) is 0. The van der Waals surface area contributed by atoms with Gasteiger partial charge in [-0.05, 0) is 32.0 Å². The van der Waals surface area contributed by atoms with Crippen LogP contribution in [0.1, 0.15) is 23.2 Å². The fourth-order valence-electron chi connectivity index (χ4n) is 2.38. The zero-order valence-corrected chi connectivity index (χ0v) is 11.3. The number of likely N-dealkylation sites (tertiary alicyclic amines) is 1. The van der Waals surface area contributed by atoms with Gasteiger partial charge >= 0.3 is 5.97 Å². The molecule has 1 heterocycles. The molecule has 1 aliphatic rings. The van der Waals surface area contributed by atoms with Crippen molar-refractivity contribution in [3.63, 3.8) is 0 Å². The predicted molar refractivity (Wildman–Crippen MR) is 74.2 cm³/mol. The highest BCUT2D eigenvalue weighted by Crippen LogP contribution is 2.26. The second-order valence-electron chi connectivity index (χ2n) is 4.89. The maximum atomic E-state index is 13.8. The Balaban J connectivity index is 2.09. The lowest BCUT2D eigenvalue weighted by Gasteiger charge is -2.15. The van der Waals surface area contributed by atoms with Crippen LogP contribution in [-0.2, 0) is 0 Å². The number of hydrogen-bond donors (Lipinski definition) is 2. The Morgan fingerprint density at radius 1 is 1.43 bits per heavy atom. The first kappa shape index (κ1) is 15.2. The summed E-state index contributed by atoms with van der Waals surface area (Å²) in [5.41, 5.74) is -1.30. The number of benzene rings is 1. The van der Waals surface area contributed by atoms with Crippen LogP contribution in [0.4, 0.5) is 15.8 Å². The van der Waals surface area contributed by atoms with Crippen molar-refractivity contribution in [2.24, 2.45) is 0 Å². The van der Waals surface area contributed by atoms with E-state index in [4.69, 9.17) is 5.11 Å². The predicted octanol–water partition coefficient (Wildman–Crippen LogP) is 1.94. The quantitative estimate of drug-likeness (QED) is 0.615. The Morgan fingerprint density at radius 2 is 2.10 bits per heavy atom. The first-order valence-electron chi connectivity index (χ1n) is 6.66. The van der Waals surface area contributed by atoms with Gasteiger partial charge in [0, 0.05) is 13.1 Å². The van der Waals surface area contributed by atoms with Crippen LogP contribution in [0.5, 0.6) is 0 Å². The van der Waals surface area contributed by atoms with Crippen molar-refractivity contribution in [1.82, 2.24) is 4.90 Å². The number of nitro benzene ring substituents is 1. The number of halogens is 1. The highest BCUT2D eigenvalue weighted by molar-refractivity contribution is 5.93. The number of nitro groups is 1. The third kappa shape index (κ3) is 3.66.